The summed E-state index contributed by atoms with van der Waals surface area (Å²) in [4.78, 5) is 26.3. The van der Waals surface area contributed by atoms with Crippen LogP contribution >= 0.6 is 0 Å². The molecule has 0 aliphatic heterocycles. The third-order valence-electron chi connectivity index (χ3n) is 13.3. The van der Waals surface area contributed by atoms with Gasteiger partial charge in [-0.1, -0.05) is 39.8 Å². The van der Waals surface area contributed by atoms with Crippen LogP contribution in [0.2, 0.25) is 0 Å². The zero-order valence-corrected chi connectivity index (χ0v) is 22.4. The third-order valence-corrected chi connectivity index (χ3v) is 13.3. The first-order valence-electron chi connectivity index (χ1n) is 14.0. The lowest BCUT2D eigenvalue weighted by atomic mass is 9.32. The minimum Gasteiger partial charge on any atom is -0.481 e. The van der Waals surface area contributed by atoms with Crippen LogP contribution in [0.5, 0.6) is 0 Å². The number of hydrogen-bond acceptors (Lipinski definition) is 3. The zero-order valence-electron chi connectivity index (χ0n) is 22.4. The van der Waals surface area contributed by atoms with E-state index in [0.29, 0.717) is 25.2 Å². The second kappa shape index (κ2) is 7.58. The van der Waals surface area contributed by atoms with E-state index in [1.54, 1.807) is 0 Å². The predicted octanol–water partition coefficient (Wildman–Crippen LogP) is 6.15. The van der Waals surface area contributed by atoms with Gasteiger partial charge in [0.05, 0.1) is 16.9 Å². The molecule has 0 aromatic rings. The lowest BCUT2D eigenvalue weighted by Gasteiger charge is -2.71. The van der Waals surface area contributed by atoms with Gasteiger partial charge in [-0.05, 0) is 117 Å². The summed E-state index contributed by atoms with van der Waals surface area (Å²) < 4.78 is 0. The predicted molar refractivity (Wildman–Crippen MR) is 135 cm³/mol. The first kappa shape index (κ1) is 25.3. The molecule has 5 aliphatic rings. The van der Waals surface area contributed by atoms with Crippen molar-refractivity contribution in [2.75, 3.05) is 0 Å². The molecule has 0 saturated heterocycles. The summed E-state index contributed by atoms with van der Waals surface area (Å²) in [5.74, 6) is -0.959. The van der Waals surface area contributed by atoms with Crippen LogP contribution in [0.15, 0.2) is 12.2 Å². The largest absolute Gasteiger partial charge is 0.481 e. The van der Waals surface area contributed by atoms with Gasteiger partial charge in [-0.15, -0.1) is 0 Å². The fourth-order valence-electron chi connectivity index (χ4n) is 11.6. The highest BCUT2D eigenvalue weighted by Crippen LogP contribution is 2.77. The van der Waals surface area contributed by atoms with Gasteiger partial charge in [0.2, 0.25) is 0 Å². The fraction of sp³-hybridized carbons (Fsp3) is 0.867. The van der Waals surface area contributed by atoms with Gasteiger partial charge in [0, 0.05) is 0 Å². The molecule has 4 unspecified atom stereocenters. The first-order chi connectivity index (χ1) is 16.2. The Bertz CT molecular complexity index is 954. The number of carboxylic acids is 2. The van der Waals surface area contributed by atoms with Crippen molar-refractivity contribution in [2.45, 2.75) is 105 Å². The normalized spacial score (nSPS) is 52.4. The SMILES string of the molecule is C=C(C)[C@@H]1CC[C@]2(C(=O)O)CC[C@]3(C(=O)O)C(CCC4[C@@]5(C)CC[C@H](O)C(C)(C)C5CC[C@]43C)C12. The van der Waals surface area contributed by atoms with Gasteiger partial charge in [0.25, 0.3) is 0 Å². The van der Waals surface area contributed by atoms with E-state index < -0.39 is 22.8 Å². The second-order valence-corrected chi connectivity index (χ2v) is 14.4. The summed E-state index contributed by atoms with van der Waals surface area (Å²) in [6, 6.07) is 0. The molecule has 0 aromatic carbocycles. The molecule has 5 rings (SSSR count). The average molecular weight is 487 g/mol. The van der Waals surface area contributed by atoms with E-state index in [-0.39, 0.29) is 46.0 Å². The number of carbonyl (C=O) groups is 2. The molecule has 0 bridgehead atoms. The molecular formula is C30H46O5. The number of carboxylic acid groups (broad SMARTS) is 2. The van der Waals surface area contributed by atoms with Gasteiger partial charge in [-0.2, -0.15) is 0 Å². The molecule has 0 heterocycles. The van der Waals surface area contributed by atoms with Crippen molar-refractivity contribution in [3.63, 3.8) is 0 Å². The summed E-state index contributed by atoms with van der Waals surface area (Å²) in [6.45, 7) is 15.3. The maximum absolute atomic E-state index is 13.5. The number of aliphatic hydroxyl groups is 1. The van der Waals surface area contributed by atoms with E-state index in [1.807, 2.05) is 6.92 Å². The number of aliphatic hydroxyl groups excluding tert-OH is 1. The van der Waals surface area contributed by atoms with Gasteiger partial charge < -0.3 is 15.3 Å². The number of aliphatic carboxylic acids is 2. The number of allylic oxidation sites excluding steroid dienone is 1. The summed E-state index contributed by atoms with van der Waals surface area (Å²) in [7, 11) is 0. The zero-order chi connectivity index (χ0) is 25.8. The molecule has 5 heteroatoms. The van der Waals surface area contributed by atoms with Crippen molar-refractivity contribution >= 4 is 11.9 Å². The minimum atomic E-state index is -0.897. The van der Waals surface area contributed by atoms with Gasteiger partial charge in [0.1, 0.15) is 0 Å². The molecule has 10 atom stereocenters. The number of hydrogen-bond donors (Lipinski definition) is 3. The summed E-state index contributed by atoms with van der Waals surface area (Å²) in [5.41, 5.74) is -1.25. The number of rotatable bonds is 3. The molecule has 5 saturated carbocycles. The quantitative estimate of drug-likeness (QED) is 0.416. The Kier molecular flexibility index (Phi) is 5.48. The molecule has 5 fully saturated rings. The van der Waals surface area contributed by atoms with Crippen molar-refractivity contribution in [3.05, 3.63) is 12.2 Å². The molecule has 196 valence electrons. The Labute approximate surface area is 210 Å². The molecular weight excluding hydrogens is 440 g/mol. The van der Waals surface area contributed by atoms with Gasteiger partial charge >= 0.3 is 11.9 Å². The maximum Gasteiger partial charge on any atom is 0.310 e. The molecule has 3 N–H and O–H groups in total. The van der Waals surface area contributed by atoms with Crippen molar-refractivity contribution in [1.29, 1.82) is 0 Å². The Balaban J connectivity index is 1.64. The van der Waals surface area contributed by atoms with Gasteiger partial charge in [-0.3, -0.25) is 9.59 Å². The van der Waals surface area contributed by atoms with Crippen molar-refractivity contribution in [1.82, 2.24) is 0 Å². The lowest BCUT2D eigenvalue weighted by molar-refractivity contribution is -0.254. The van der Waals surface area contributed by atoms with Crippen molar-refractivity contribution in [3.8, 4) is 0 Å². The highest BCUT2D eigenvalue weighted by atomic mass is 16.4. The smallest absolute Gasteiger partial charge is 0.310 e. The Hall–Kier alpha value is -1.36. The molecule has 5 nitrogen and oxygen atoms in total. The van der Waals surface area contributed by atoms with Gasteiger partial charge in [-0.25, -0.2) is 0 Å². The lowest BCUT2D eigenvalue weighted by Crippen LogP contribution is -2.69. The summed E-state index contributed by atoms with van der Waals surface area (Å²) in [5, 5.41) is 32.5. The van der Waals surface area contributed by atoms with E-state index >= 15 is 0 Å². The van der Waals surface area contributed by atoms with Crippen LogP contribution in [0.1, 0.15) is 98.8 Å². The Morgan fingerprint density at radius 1 is 0.800 bits per heavy atom. The van der Waals surface area contributed by atoms with Crippen LogP contribution in [-0.2, 0) is 9.59 Å². The van der Waals surface area contributed by atoms with Crippen LogP contribution in [0, 0.1) is 56.7 Å². The van der Waals surface area contributed by atoms with E-state index in [9.17, 15) is 24.9 Å². The molecule has 5 aliphatic carbocycles. The van der Waals surface area contributed by atoms with Crippen LogP contribution in [-0.4, -0.2) is 33.4 Å². The van der Waals surface area contributed by atoms with Crippen LogP contribution in [0.3, 0.4) is 0 Å². The van der Waals surface area contributed by atoms with Crippen LogP contribution in [0.4, 0.5) is 0 Å². The fourth-order valence-corrected chi connectivity index (χ4v) is 11.6. The molecule has 0 amide bonds. The Morgan fingerprint density at radius 3 is 2.09 bits per heavy atom. The van der Waals surface area contributed by atoms with Gasteiger partial charge in [0.15, 0.2) is 0 Å². The van der Waals surface area contributed by atoms with Crippen molar-refractivity contribution in [2.24, 2.45) is 56.7 Å². The van der Waals surface area contributed by atoms with Crippen LogP contribution < -0.4 is 0 Å². The average Bonchev–Trinajstić information content (AvgIpc) is 3.18. The summed E-state index contributed by atoms with van der Waals surface area (Å²) in [6.07, 6.45) is 7.34. The molecule has 0 spiro atoms. The number of fused-ring (bicyclic) bond motifs is 7. The minimum absolute atomic E-state index is 0.00604. The third kappa shape index (κ3) is 2.85. The molecule has 35 heavy (non-hydrogen) atoms. The topological polar surface area (TPSA) is 94.8 Å². The Morgan fingerprint density at radius 2 is 1.49 bits per heavy atom. The standard InChI is InChI=1S/C30H46O5/c1-17(2)18-9-14-29(24(32)33)15-16-30(25(34)35)19(23(18)29)7-8-21-27(5)12-11-22(31)26(3,4)20(27)10-13-28(21,30)6/h18-23,31H,1,7-16H2,2-6H3,(H,32,33)(H,34,35)/t18-,19?,20?,21?,22-,23?,27-,28+,29-,30+/m0/s1. The van der Waals surface area contributed by atoms with E-state index in [1.165, 1.54) is 0 Å². The van der Waals surface area contributed by atoms with E-state index in [0.717, 1.165) is 50.5 Å². The first-order valence-corrected chi connectivity index (χ1v) is 14.0. The second-order valence-electron chi connectivity index (χ2n) is 14.4. The van der Waals surface area contributed by atoms with Crippen LogP contribution in [0.25, 0.3) is 0 Å². The van der Waals surface area contributed by atoms with E-state index in [4.69, 9.17) is 0 Å². The highest BCUT2D eigenvalue weighted by Gasteiger charge is 2.75. The summed E-state index contributed by atoms with van der Waals surface area (Å²) >= 11 is 0. The maximum atomic E-state index is 13.5. The van der Waals surface area contributed by atoms with Crippen molar-refractivity contribution < 1.29 is 24.9 Å². The molecule has 0 radical (unpaired) electrons. The monoisotopic (exact) mass is 486 g/mol. The van der Waals surface area contributed by atoms with E-state index in [2.05, 4.69) is 34.3 Å². The molecule has 0 aromatic heterocycles. The highest BCUT2D eigenvalue weighted by molar-refractivity contribution is 5.80.